The second-order valence-electron chi connectivity index (χ2n) is 11.6. The number of rotatable bonds is 8. The number of hydrogen-bond donors (Lipinski definition) is 4. The van der Waals surface area contributed by atoms with Crippen LogP contribution in [0.15, 0.2) is 6.20 Å². The lowest BCUT2D eigenvalue weighted by atomic mass is 9.92. The summed E-state index contributed by atoms with van der Waals surface area (Å²) < 4.78 is 42.1. The molecule has 0 bridgehead atoms. The SMILES string of the molecule is Cc1c(C(=O)N[C@H](C(=O)NC(=O)[C@@H]2CCCN2C(C(C)C)C(O)(O)C(F)(F)F)C(C)C)cnn1C(C)(C)C. The number of hydrogen-bond acceptors (Lipinski definition) is 7. The molecule has 2 rings (SSSR count). The van der Waals surface area contributed by atoms with E-state index in [1.807, 2.05) is 20.8 Å². The number of likely N-dealkylation sites (tertiary alicyclic amines) is 1. The molecule has 0 aliphatic carbocycles. The number of nitrogens with zero attached hydrogens (tertiary/aromatic N) is 3. The van der Waals surface area contributed by atoms with Crippen molar-refractivity contribution in [1.29, 1.82) is 0 Å². The first kappa shape index (κ1) is 31.7. The minimum atomic E-state index is -5.35. The van der Waals surface area contributed by atoms with E-state index >= 15 is 0 Å². The summed E-state index contributed by atoms with van der Waals surface area (Å²) in [5, 5.41) is 29.1. The molecule has 1 saturated heterocycles. The van der Waals surface area contributed by atoms with Crippen LogP contribution < -0.4 is 10.6 Å². The van der Waals surface area contributed by atoms with Gasteiger partial charge in [-0.25, -0.2) is 0 Å². The monoisotopic (exact) mass is 547 g/mol. The van der Waals surface area contributed by atoms with Crippen LogP contribution in [0.1, 0.15) is 77.4 Å². The topological polar surface area (TPSA) is 137 Å². The molecule has 216 valence electrons. The number of nitrogens with one attached hydrogen (secondary N) is 2. The molecule has 38 heavy (non-hydrogen) atoms. The molecular formula is C25H40F3N5O5. The van der Waals surface area contributed by atoms with Gasteiger partial charge >= 0.3 is 6.18 Å². The van der Waals surface area contributed by atoms with Crippen LogP contribution in [-0.4, -0.2) is 79.2 Å². The lowest BCUT2D eigenvalue weighted by Gasteiger charge is -2.42. The first-order valence-corrected chi connectivity index (χ1v) is 12.7. The zero-order valence-corrected chi connectivity index (χ0v) is 23.2. The summed E-state index contributed by atoms with van der Waals surface area (Å²) in [5.74, 6) is -7.61. The summed E-state index contributed by atoms with van der Waals surface area (Å²) in [6, 6.07) is -4.15. The maximum absolute atomic E-state index is 13.5. The molecule has 1 fully saturated rings. The van der Waals surface area contributed by atoms with E-state index in [-0.39, 0.29) is 24.1 Å². The van der Waals surface area contributed by atoms with Crippen molar-refractivity contribution >= 4 is 17.7 Å². The van der Waals surface area contributed by atoms with E-state index < -0.39 is 59.6 Å². The molecule has 1 aliphatic heterocycles. The van der Waals surface area contributed by atoms with Crippen LogP contribution in [0, 0.1) is 18.8 Å². The van der Waals surface area contributed by atoms with E-state index in [2.05, 4.69) is 15.7 Å². The molecule has 13 heteroatoms. The Balaban J connectivity index is 2.22. The van der Waals surface area contributed by atoms with Gasteiger partial charge in [0.05, 0.1) is 29.4 Å². The Morgan fingerprint density at radius 3 is 2.11 bits per heavy atom. The molecule has 0 spiro atoms. The third-order valence-electron chi connectivity index (χ3n) is 6.79. The molecule has 3 amide bonds. The van der Waals surface area contributed by atoms with Crippen molar-refractivity contribution in [3.8, 4) is 0 Å². The van der Waals surface area contributed by atoms with Crippen molar-refractivity contribution in [2.24, 2.45) is 11.8 Å². The summed E-state index contributed by atoms with van der Waals surface area (Å²) in [6.07, 6.45) is -3.51. The van der Waals surface area contributed by atoms with Gasteiger partial charge in [-0.05, 0) is 58.9 Å². The van der Waals surface area contributed by atoms with Crippen molar-refractivity contribution in [3.63, 3.8) is 0 Å². The Morgan fingerprint density at radius 1 is 1.08 bits per heavy atom. The number of aliphatic hydroxyl groups is 2. The van der Waals surface area contributed by atoms with E-state index in [0.717, 1.165) is 4.90 Å². The quantitative estimate of drug-likeness (QED) is 0.366. The molecule has 2 heterocycles. The molecule has 1 aromatic heterocycles. The summed E-state index contributed by atoms with van der Waals surface area (Å²) >= 11 is 0. The van der Waals surface area contributed by atoms with Crippen LogP contribution in [0.5, 0.6) is 0 Å². The van der Waals surface area contributed by atoms with E-state index in [9.17, 15) is 37.8 Å². The van der Waals surface area contributed by atoms with Gasteiger partial charge < -0.3 is 15.5 Å². The molecule has 4 N–H and O–H groups in total. The summed E-state index contributed by atoms with van der Waals surface area (Å²) in [4.78, 5) is 40.2. The fraction of sp³-hybridized carbons (Fsp3) is 0.760. The number of amides is 3. The lowest BCUT2D eigenvalue weighted by Crippen LogP contribution is -2.65. The molecule has 1 aromatic rings. The van der Waals surface area contributed by atoms with Crippen molar-refractivity contribution in [1.82, 2.24) is 25.3 Å². The Hall–Kier alpha value is -2.51. The van der Waals surface area contributed by atoms with Crippen molar-refractivity contribution in [3.05, 3.63) is 17.5 Å². The van der Waals surface area contributed by atoms with Gasteiger partial charge in [0.25, 0.3) is 11.7 Å². The second-order valence-corrected chi connectivity index (χ2v) is 11.6. The predicted molar refractivity (Wildman–Crippen MR) is 133 cm³/mol. The van der Waals surface area contributed by atoms with Crippen molar-refractivity contribution in [2.75, 3.05) is 6.54 Å². The number of aromatic nitrogens is 2. The average Bonchev–Trinajstić information content (AvgIpc) is 3.36. The van der Waals surface area contributed by atoms with Gasteiger partial charge in [0, 0.05) is 5.69 Å². The van der Waals surface area contributed by atoms with Crippen LogP contribution in [0.2, 0.25) is 0 Å². The van der Waals surface area contributed by atoms with Crippen LogP contribution in [0.4, 0.5) is 13.2 Å². The standard InChI is InChI=1S/C25H40F3N5O5/c1-13(2)18(30-20(34)16-12-29-33(15(16)5)23(6,7)8)22(36)31-21(35)17-10-9-11-32(17)19(14(3)4)24(37,38)25(26,27)28/h12-14,17-19,37-38H,9-11H2,1-8H3,(H,30,34)(H,31,35,36)/t17-,18-,19?/m0/s1. The molecule has 0 radical (unpaired) electrons. The normalized spacial score (nSPS) is 19.1. The van der Waals surface area contributed by atoms with E-state index in [1.54, 1.807) is 25.5 Å². The largest absolute Gasteiger partial charge is 0.444 e. The average molecular weight is 548 g/mol. The van der Waals surface area contributed by atoms with E-state index in [0.29, 0.717) is 12.1 Å². The van der Waals surface area contributed by atoms with Crippen LogP contribution in [0.3, 0.4) is 0 Å². The van der Waals surface area contributed by atoms with Gasteiger partial charge in [-0.3, -0.25) is 29.3 Å². The van der Waals surface area contributed by atoms with Crippen molar-refractivity contribution < 1.29 is 37.8 Å². The second kappa shape index (κ2) is 11.3. The van der Waals surface area contributed by atoms with E-state index in [4.69, 9.17) is 0 Å². The van der Waals surface area contributed by atoms with Gasteiger partial charge in [0.2, 0.25) is 11.8 Å². The Labute approximate surface area is 220 Å². The highest BCUT2D eigenvalue weighted by atomic mass is 19.4. The van der Waals surface area contributed by atoms with Gasteiger partial charge in [0.1, 0.15) is 6.04 Å². The fourth-order valence-electron chi connectivity index (χ4n) is 5.00. The fourth-order valence-corrected chi connectivity index (χ4v) is 5.00. The third kappa shape index (κ3) is 6.55. The van der Waals surface area contributed by atoms with Gasteiger partial charge in [-0.2, -0.15) is 18.3 Å². The number of imide groups is 1. The zero-order valence-electron chi connectivity index (χ0n) is 23.2. The number of carbonyl (C=O) groups is 3. The maximum Gasteiger partial charge on any atom is 0.444 e. The smallest absolute Gasteiger partial charge is 0.357 e. The molecule has 1 unspecified atom stereocenters. The van der Waals surface area contributed by atoms with Crippen LogP contribution in [0.25, 0.3) is 0 Å². The number of halogens is 3. The molecular weight excluding hydrogens is 507 g/mol. The molecule has 10 nitrogen and oxygen atoms in total. The summed E-state index contributed by atoms with van der Waals surface area (Å²) in [6.45, 7) is 13.6. The Kier molecular flexibility index (Phi) is 9.43. The first-order chi connectivity index (χ1) is 17.2. The van der Waals surface area contributed by atoms with Gasteiger partial charge in [-0.1, -0.05) is 27.7 Å². The van der Waals surface area contributed by atoms with E-state index in [1.165, 1.54) is 20.0 Å². The number of alkyl halides is 3. The maximum atomic E-state index is 13.5. The lowest BCUT2D eigenvalue weighted by molar-refractivity contribution is -0.373. The number of carbonyl (C=O) groups excluding carboxylic acids is 3. The first-order valence-electron chi connectivity index (χ1n) is 12.7. The van der Waals surface area contributed by atoms with Crippen LogP contribution in [-0.2, 0) is 15.1 Å². The minimum absolute atomic E-state index is 0.00939. The highest BCUT2D eigenvalue weighted by Crippen LogP contribution is 2.39. The summed E-state index contributed by atoms with van der Waals surface area (Å²) in [7, 11) is 0. The molecule has 0 saturated carbocycles. The highest BCUT2D eigenvalue weighted by molar-refractivity contribution is 6.03. The van der Waals surface area contributed by atoms with Gasteiger partial charge in [-0.15, -0.1) is 0 Å². The Morgan fingerprint density at radius 2 is 1.66 bits per heavy atom. The molecule has 1 aliphatic rings. The summed E-state index contributed by atoms with van der Waals surface area (Å²) in [5.41, 5.74) is 0.481. The third-order valence-corrected chi connectivity index (χ3v) is 6.79. The molecule has 0 aromatic carbocycles. The van der Waals surface area contributed by atoms with Gasteiger partial charge in [0.15, 0.2) is 0 Å². The highest BCUT2D eigenvalue weighted by Gasteiger charge is 2.61. The zero-order chi connectivity index (χ0) is 29.4. The van der Waals surface area contributed by atoms with Crippen molar-refractivity contribution in [2.45, 2.75) is 104 Å². The van der Waals surface area contributed by atoms with Crippen LogP contribution >= 0.6 is 0 Å². The molecule has 3 atom stereocenters. The predicted octanol–water partition coefficient (Wildman–Crippen LogP) is 2.08. The Bertz CT molecular complexity index is 1030. The minimum Gasteiger partial charge on any atom is -0.357 e.